The zero-order valence-electron chi connectivity index (χ0n) is 11.4. The van der Waals surface area contributed by atoms with E-state index in [1.807, 2.05) is 24.3 Å². The van der Waals surface area contributed by atoms with E-state index in [4.69, 9.17) is 5.26 Å². The lowest BCUT2D eigenvalue weighted by atomic mass is 9.98. The SMILES string of the molecule is CC(CCNc1ccc(F)cc1C#N)c1ccccc1. The molecule has 2 nitrogen and oxygen atoms in total. The Morgan fingerprint density at radius 1 is 1.20 bits per heavy atom. The summed E-state index contributed by atoms with van der Waals surface area (Å²) in [5.41, 5.74) is 2.33. The summed E-state index contributed by atoms with van der Waals surface area (Å²) in [7, 11) is 0. The van der Waals surface area contributed by atoms with Gasteiger partial charge in [-0.15, -0.1) is 0 Å². The molecule has 0 fully saturated rings. The molecule has 102 valence electrons. The summed E-state index contributed by atoms with van der Waals surface area (Å²) < 4.78 is 13.0. The second kappa shape index (κ2) is 6.72. The van der Waals surface area contributed by atoms with Crippen molar-refractivity contribution in [3.63, 3.8) is 0 Å². The van der Waals surface area contributed by atoms with Crippen molar-refractivity contribution in [1.82, 2.24) is 0 Å². The Labute approximate surface area is 118 Å². The molecule has 0 aliphatic rings. The van der Waals surface area contributed by atoms with Crippen molar-refractivity contribution >= 4 is 5.69 Å². The number of halogens is 1. The molecular formula is C17H17FN2. The summed E-state index contributed by atoms with van der Waals surface area (Å²) in [6.07, 6.45) is 0.951. The molecule has 0 saturated carbocycles. The van der Waals surface area contributed by atoms with Crippen molar-refractivity contribution in [3.8, 4) is 6.07 Å². The molecule has 0 aliphatic carbocycles. The Hall–Kier alpha value is -2.34. The Bertz CT molecular complexity index is 602. The Morgan fingerprint density at radius 2 is 1.95 bits per heavy atom. The summed E-state index contributed by atoms with van der Waals surface area (Å²) in [5.74, 6) is 0.0550. The highest BCUT2D eigenvalue weighted by Crippen LogP contribution is 2.20. The van der Waals surface area contributed by atoms with Gasteiger partial charge in [0.15, 0.2) is 0 Å². The van der Waals surface area contributed by atoms with Gasteiger partial charge >= 0.3 is 0 Å². The van der Waals surface area contributed by atoms with Crippen molar-refractivity contribution in [2.45, 2.75) is 19.3 Å². The monoisotopic (exact) mass is 268 g/mol. The second-order valence-electron chi connectivity index (χ2n) is 4.83. The number of nitriles is 1. The lowest BCUT2D eigenvalue weighted by Gasteiger charge is -2.13. The van der Waals surface area contributed by atoms with Crippen LogP contribution in [0.2, 0.25) is 0 Å². The molecule has 20 heavy (non-hydrogen) atoms. The van der Waals surface area contributed by atoms with Gasteiger partial charge in [0.1, 0.15) is 11.9 Å². The first kappa shape index (κ1) is 14.1. The molecule has 0 heterocycles. The van der Waals surface area contributed by atoms with E-state index in [9.17, 15) is 4.39 Å². The molecule has 2 aromatic carbocycles. The largest absolute Gasteiger partial charge is 0.384 e. The van der Waals surface area contributed by atoms with Gasteiger partial charge < -0.3 is 5.32 Å². The van der Waals surface area contributed by atoms with Crippen LogP contribution < -0.4 is 5.32 Å². The Morgan fingerprint density at radius 3 is 2.65 bits per heavy atom. The van der Waals surface area contributed by atoms with Crippen LogP contribution >= 0.6 is 0 Å². The number of nitrogens with zero attached hydrogens (tertiary/aromatic N) is 1. The summed E-state index contributed by atoms with van der Waals surface area (Å²) in [5, 5.41) is 12.2. The summed E-state index contributed by atoms with van der Waals surface area (Å²) in [4.78, 5) is 0. The standard InChI is InChI=1S/C17H17FN2/c1-13(14-5-3-2-4-6-14)9-10-20-17-8-7-16(18)11-15(17)12-19/h2-8,11,13,20H,9-10H2,1H3. The maximum absolute atomic E-state index is 13.0. The van der Waals surface area contributed by atoms with E-state index in [2.05, 4.69) is 24.4 Å². The molecular weight excluding hydrogens is 251 g/mol. The molecule has 0 radical (unpaired) electrons. The molecule has 2 rings (SSSR count). The minimum absolute atomic E-state index is 0.345. The molecule has 0 spiro atoms. The maximum Gasteiger partial charge on any atom is 0.124 e. The van der Waals surface area contributed by atoms with Crippen LogP contribution in [0.15, 0.2) is 48.5 Å². The van der Waals surface area contributed by atoms with E-state index in [0.29, 0.717) is 17.2 Å². The topological polar surface area (TPSA) is 35.8 Å². The molecule has 0 aliphatic heterocycles. The highest BCUT2D eigenvalue weighted by atomic mass is 19.1. The zero-order valence-corrected chi connectivity index (χ0v) is 11.4. The first-order valence-electron chi connectivity index (χ1n) is 6.69. The molecule has 0 saturated heterocycles. The number of benzene rings is 2. The number of rotatable bonds is 5. The highest BCUT2D eigenvalue weighted by molar-refractivity contribution is 5.57. The molecule has 0 amide bonds. The minimum Gasteiger partial charge on any atom is -0.384 e. The van der Waals surface area contributed by atoms with Gasteiger partial charge in [0.05, 0.1) is 11.3 Å². The third-order valence-corrected chi connectivity index (χ3v) is 3.36. The fourth-order valence-corrected chi connectivity index (χ4v) is 2.13. The van der Waals surface area contributed by atoms with Crippen LogP contribution in [0.3, 0.4) is 0 Å². The van der Waals surface area contributed by atoms with E-state index in [0.717, 1.165) is 13.0 Å². The van der Waals surface area contributed by atoms with Gasteiger partial charge in [-0.05, 0) is 36.1 Å². The Balaban J connectivity index is 1.92. The smallest absolute Gasteiger partial charge is 0.124 e. The van der Waals surface area contributed by atoms with Crippen molar-refractivity contribution in [3.05, 3.63) is 65.5 Å². The average Bonchev–Trinajstić information content (AvgIpc) is 2.49. The molecule has 1 atom stereocenters. The van der Waals surface area contributed by atoms with Crippen LogP contribution in [-0.4, -0.2) is 6.54 Å². The molecule has 2 aromatic rings. The maximum atomic E-state index is 13.0. The summed E-state index contributed by atoms with van der Waals surface area (Å²) >= 11 is 0. The summed E-state index contributed by atoms with van der Waals surface area (Å²) in [6.45, 7) is 2.92. The average molecular weight is 268 g/mol. The molecule has 1 unspecified atom stereocenters. The van der Waals surface area contributed by atoms with Crippen LogP contribution in [0.5, 0.6) is 0 Å². The van der Waals surface area contributed by atoms with Crippen LogP contribution in [-0.2, 0) is 0 Å². The number of anilines is 1. The van der Waals surface area contributed by atoms with Gasteiger partial charge in [-0.2, -0.15) is 5.26 Å². The lowest BCUT2D eigenvalue weighted by Crippen LogP contribution is -2.07. The van der Waals surface area contributed by atoms with Crippen molar-refractivity contribution in [1.29, 1.82) is 5.26 Å². The van der Waals surface area contributed by atoms with Crippen LogP contribution in [0.4, 0.5) is 10.1 Å². The van der Waals surface area contributed by atoms with Gasteiger partial charge in [-0.3, -0.25) is 0 Å². The van der Waals surface area contributed by atoms with Gasteiger partial charge in [0, 0.05) is 6.54 Å². The van der Waals surface area contributed by atoms with E-state index in [-0.39, 0.29) is 5.82 Å². The first-order chi connectivity index (χ1) is 9.70. The van der Waals surface area contributed by atoms with Crippen molar-refractivity contribution < 1.29 is 4.39 Å². The second-order valence-corrected chi connectivity index (χ2v) is 4.83. The van der Waals surface area contributed by atoms with Crippen molar-refractivity contribution in [2.24, 2.45) is 0 Å². The predicted octanol–water partition coefficient (Wildman–Crippen LogP) is 4.30. The lowest BCUT2D eigenvalue weighted by molar-refractivity contribution is 0.627. The normalized spacial score (nSPS) is 11.7. The van der Waals surface area contributed by atoms with Gasteiger partial charge in [0.2, 0.25) is 0 Å². The quantitative estimate of drug-likeness (QED) is 0.877. The van der Waals surface area contributed by atoms with E-state index in [1.54, 1.807) is 6.07 Å². The van der Waals surface area contributed by atoms with Crippen LogP contribution in [0, 0.1) is 17.1 Å². The molecule has 3 heteroatoms. The van der Waals surface area contributed by atoms with E-state index in [1.165, 1.54) is 17.7 Å². The fraction of sp³-hybridized carbons (Fsp3) is 0.235. The predicted molar refractivity (Wildman–Crippen MR) is 79.1 cm³/mol. The minimum atomic E-state index is -0.384. The van der Waals surface area contributed by atoms with Crippen molar-refractivity contribution in [2.75, 3.05) is 11.9 Å². The number of nitrogens with one attached hydrogen (secondary N) is 1. The molecule has 0 aromatic heterocycles. The van der Waals surface area contributed by atoms with Crippen LogP contribution in [0.1, 0.15) is 30.4 Å². The number of hydrogen-bond donors (Lipinski definition) is 1. The van der Waals surface area contributed by atoms with Crippen LogP contribution in [0.25, 0.3) is 0 Å². The third-order valence-electron chi connectivity index (χ3n) is 3.36. The zero-order chi connectivity index (χ0) is 14.4. The van der Waals surface area contributed by atoms with E-state index >= 15 is 0 Å². The first-order valence-corrected chi connectivity index (χ1v) is 6.69. The third kappa shape index (κ3) is 3.58. The summed E-state index contributed by atoms with van der Waals surface area (Å²) in [6, 6.07) is 16.5. The van der Waals surface area contributed by atoms with Gasteiger partial charge in [-0.1, -0.05) is 37.3 Å². The highest BCUT2D eigenvalue weighted by Gasteiger charge is 2.06. The van der Waals surface area contributed by atoms with Gasteiger partial charge in [0.25, 0.3) is 0 Å². The fourth-order valence-electron chi connectivity index (χ4n) is 2.13. The Kier molecular flexibility index (Phi) is 4.73. The molecule has 1 N–H and O–H groups in total. The van der Waals surface area contributed by atoms with Gasteiger partial charge in [-0.25, -0.2) is 4.39 Å². The van der Waals surface area contributed by atoms with E-state index < -0.39 is 0 Å². The molecule has 0 bridgehead atoms. The number of hydrogen-bond acceptors (Lipinski definition) is 2.